The number of nitrogens with zero attached hydrogens (tertiary/aromatic N) is 2. The number of guanidine groups is 1. The highest BCUT2D eigenvalue weighted by molar-refractivity contribution is 7.91. The second kappa shape index (κ2) is 14.5. The average molecular weight is 614 g/mol. The second-order valence-corrected chi connectivity index (χ2v) is 12.4. The molecule has 1 heterocycles. The number of hydrogen-bond donors (Lipinski definition) is 3. The highest BCUT2D eigenvalue weighted by Gasteiger charge is 2.34. The number of ether oxygens (including phenoxy) is 2. The normalized spacial score (nSPS) is 14.8. The van der Waals surface area contributed by atoms with E-state index in [0.29, 0.717) is 17.7 Å². The van der Waals surface area contributed by atoms with Gasteiger partial charge < -0.3 is 19.4 Å². The van der Waals surface area contributed by atoms with Gasteiger partial charge in [-0.1, -0.05) is 12.1 Å². The number of carbonyl (C=O) groups excluding carboxylic acids is 1. The lowest BCUT2D eigenvalue weighted by Crippen LogP contribution is -2.50. The molecule has 2 aromatic rings. The minimum absolute atomic E-state index is 0.0470. The van der Waals surface area contributed by atoms with Gasteiger partial charge in [-0.25, -0.2) is 13.9 Å². The summed E-state index contributed by atoms with van der Waals surface area (Å²) in [5.41, 5.74) is 7.99. The molecule has 2 aromatic carbocycles. The molecular weight excluding hydrogens is 578 g/mol. The number of carbonyl (C=O) groups is 1. The minimum Gasteiger partial charge on any atom is -0.493 e. The second-order valence-electron chi connectivity index (χ2n) is 9.02. The maximum Gasteiger partial charge on any atom is 0.340 e. The predicted octanol–water partition coefficient (Wildman–Crippen LogP) is 0.816. The third kappa shape index (κ3) is 9.29. The molecule has 1 aliphatic rings. The van der Waals surface area contributed by atoms with Gasteiger partial charge >= 0.3 is 16.1 Å². The maximum atomic E-state index is 13.5. The molecule has 3 rings (SSSR count). The number of piperazine rings is 1. The van der Waals surface area contributed by atoms with Gasteiger partial charge in [0.2, 0.25) is 16.0 Å². The van der Waals surface area contributed by atoms with Crippen LogP contribution < -0.4 is 20.1 Å². The number of hydrogen-bond acceptors (Lipinski definition) is 11. The monoisotopic (exact) mass is 613 g/mol. The Labute approximate surface area is 239 Å². The Morgan fingerprint density at radius 3 is 2.32 bits per heavy atom. The molecule has 0 saturated carbocycles. The number of hydroxylamine groups is 1. The summed E-state index contributed by atoms with van der Waals surface area (Å²) in [4.78, 5) is 17.6. The van der Waals surface area contributed by atoms with E-state index in [-0.39, 0.29) is 64.3 Å². The lowest BCUT2D eigenvalue weighted by atomic mass is 10.2. The molecule has 14 nitrogen and oxygen atoms in total. The zero-order chi connectivity index (χ0) is 30.0. The topological polar surface area (TPSA) is 191 Å². The summed E-state index contributed by atoms with van der Waals surface area (Å²) < 4.78 is 70.9. The third-order valence-electron chi connectivity index (χ3n) is 5.80. The zero-order valence-electron chi connectivity index (χ0n) is 22.9. The van der Waals surface area contributed by atoms with E-state index < -0.39 is 35.9 Å². The van der Waals surface area contributed by atoms with E-state index in [9.17, 15) is 21.6 Å². The lowest BCUT2D eigenvalue weighted by molar-refractivity contribution is -0.144. The first-order valence-electron chi connectivity index (χ1n) is 12.8. The van der Waals surface area contributed by atoms with Crippen molar-refractivity contribution < 1.29 is 40.1 Å². The summed E-state index contributed by atoms with van der Waals surface area (Å²) in [5.74, 6) is -0.417. The molecule has 4 N–H and O–H groups in total. The first kappa shape index (κ1) is 32.1. The van der Waals surface area contributed by atoms with E-state index >= 15 is 0 Å². The zero-order valence-corrected chi connectivity index (χ0v) is 24.5. The Kier molecular flexibility index (Phi) is 11.3. The SMILES string of the molecule is CCOC(=O)CN1CCN(S(=O)(=O)c2ccccc2S(=O)(=O)Oc2cc(C)cc(OCCCONC(=N)N)c2)CC1. The Balaban J connectivity index is 1.71. The fourth-order valence-electron chi connectivity index (χ4n) is 3.99. The Hall–Kier alpha value is -3.44. The molecular formula is C25H35N5O9S2. The average Bonchev–Trinajstić information content (AvgIpc) is 2.90. The van der Waals surface area contributed by atoms with Crippen LogP contribution in [0.5, 0.6) is 11.5 Å². The summed E-state index contributed by atoms with van der Waals surface area (Å²) in [5, 5.41) is 7.02. The molecule has 1 aliphatic heterocycles. The van der Waals surface area contributed by atoms with Crippen molar-refractivity contribution in [1.29, 1.82) is 5.41 Å². The molecule has 0 radical (unpaired) electrons. The van der Waals surface area contributed by atoms with Gasteiger partial charge in [-0.05, 0) is 43.7 Å². The number of sulfonamides is 1. The van der Waals surface area contributed by atoms with Gasteiger partial charge in [0.25, 0.3) is 0 Å². The molecule has 0 aromatic heterocycles. The van der Waals surface area contributed by atoms with E-state index in [1.807, 2.05) is 0 Å². The van der Waals surface area contributed by atoms with E-state index in [1.54, 1.807) is 24.8 Å². The van der Waals surface area contributed by atoms with Crippen LogP contribution in [-0.2, 0) is 34.5 Å². The van der Waals surface area contributed by atoms with Crippen molar-refractivity contribution in [3.05, 3.63) is 48.0 Å². The van der Waals surface area contributed by atoms with Gasteiger partial charge in [-0.15, -0.1) is 0 Å². The van der Waals surface area contributed by atoms with E-state index in [2.05, 4.69) is 5.48 Å². The number of benzene rings is 2. The van der Waals surface area contributed by atoms with Crippen LogP contribution in [0.1, 0.15) is 18.9 Å². The lowest BCUT2D eigenvalue weighted by Gasteiger charge is -2.33. The van der Waals surface area contributed by atoms with Crippen molar-refractivity contribution in [2.24, 2.45) is 5.73 Å². The van der Waals surface area contributed by atoms with Gasteiger partial charge in [-0.2, -0.15) is 12.7 Å². The molecule has 0 spiro atoms. The first-order chi connectivity index (χ1) is 19.4. The van der Waals surface area contributed by atoms with Crippen molar-refractivity contribution in [1.82, 2.24) is 14.7 Å². The summed E-state index contributed by atoms with van der Waals surface area (Å²) in [6.45, 7) is 4.91. The van der Waals surface area contributed by atoms with Crippen LogP contribution in [0, 0.1) is 12.3 Å². The highest BCUT2D eigenvalue weighted by Crippen LogP contribution is 2.30. The van der Waals surface area contributed by atoms with E-state index in [4.69, 9.17) is 29.6 Å². The van der Waals surface area contributed by atoms with E-state index in [1.165, 1.54) is 40.7 Å². The molecule has 1 saturated heterocycles. The van der Waals surface area contributed by atoms with E-state index in [0.717, 1.165) is 0 Å². The van der Waals surface area contributed by atoms with Crippen molar-refractivity contribution in [3.8, 4) is 11.5 Å². The Morgan fingerprint density at radius 1 is 1.00 bits per heavy atom. The summed E-state index contributed by atoms with van der Waals surface area (Å²) in [7, 11) is -8.77. The van der Waals surface area contributed by atoms with Crippen LogP contribution >= 0.6 is 0 Å². The molecule has 0 amide bonds. The summed E-state index contributed by atoms with van der Waals surface area (Å²) >= 11 is 0. The molecule has 0 aliphatic carbocycles. The number of nitrogens with two attached hydrogens (primary N) is 1. The molecule has 16 heteroatoms. The quantitative estimate of drug-likeness (QED) is 0.0680. The fourth-order valence-corrected chi connectivity index (χ4v) is 7.11. The molecule has 1 fully saturated rings. The van der Waals surface area contributed by atoms with Gasteiger partial charge in [0.1, 0.15) is 21.3 Å². The van der Waals surface area contributed by atoms with Crippen molar-refractivity contribution >= 4 is 32.1 Å². The standard InChI is InChI=1S/C25H35N5O9S2/c1-3-36-24(31)18-29-9-11-30(12-10-29)40(32,33)22-7-4-5-8-23(22)41(34,35)39-21-16-19(2)15-20(17-21)37-13-6-14-38-28-25(26)27/h4-5,7-8,15-17H,3,6,9-14,18H2,1-2H3,(H4,26,27,28). The molecule has 0 bridgehead atoms. The molecule has 226 valence electrons. The van der Waals surface area contributed by atoms with Gasteiger partial charge in [-0.3, -0.25) is 19.9 Å². The molecule has 41 heavy (non-hydrogen) atoms. The van der Waals surface area contributed by atoms with Crippen LogP contribution in [0.2, 0.25) is 0 Å². The number of nitrogens with one attached hydrogen (secondary N) is 2. The number of esters is 1. The van der Waals surface area contributed by atoms with Gasteiger partial charge in [0.15, 0.2) is 0 Å². The third-order valence-corrected chi connectivity index (χ3v) is 9.19. The largest absolute Gasteiger partial charge is 0.493 e. The van der Waals surface area contributed by atoms with Crippen LogP contribution in [-0.4, -0.2) is 90.5 Å². The number of aryl methyl sites for hydroxylation is 1. The van der Waals surface area contributed by atoms with Crippen molar-refractivity contribution in [2.45, 2.75) is 30.1 Å². The molecule has 0 atom stereocenters. The minimum atomic E-state index is -4.57. The van der Waals surface area contributed by atoms with Crippen molar-refractivity contribution in [2.75, 3.05) is 52.5 Å². The van der Waals surface area contributed by atoms with Crippen LogP contribution in [0.25, 0.3) is 0 Å². The van der Waals surface area contributed by atoms with Gasteiger partial charge in [0.05, 0.1) is 26.4 Å². The van der Waals surface area contributed by atoms with Crippen LogP contribution in [0.4, 0.5) is 0 Å². The Morgan fingerprint density at radius 2 is 1.66 bits per heavy atom. The Bertz CT molecular complexity index is 1430. The summed E-state index contributed by atoms with van der Waals surface area (Å²) in [6.07, 6.45) is 0.449. The predicted molar refractivity (Wildman–Crippen MR) is 148 cm³/mol. The van der Waals surface area contributed by atoms with Crippen LogP contribution in [0.15, 0.2) is 52.3 Å². The fraction of sp³-hybridized carbons (Fsp3) is 0.440. The maximum absolute atomic E-state index is 13.5. The van der Waals surface area contributed by atoms with Crippen LogP contribution in [0.3, 0.4) is 0 Å². The highest BCUT2D eigenvalue weighted by atomic mass is 32.2. The summed E-state index contributed by atoms with van der Waals surface area (Å²) in [6, 6.07) is 9.83. The molecule has 0 unspecified atom stereocenters. The smallest absolute Gasteiger partial charge is 0.340 e. The van der Waals surface area contributed by atoms with Gasteiger partial charge in [0, 0.05) is 38.7 Å². The van der Waals surface area contributed by atoms with Crippen molar-refractivity contribution in [3.63, 3.8) is 0 Å². The first-order valence-corrected chi connectivity index (χ1v) is 15.6. The number of rotatable bonds is 14.